The lowest BCUT2D eigenvalue weighted by Gasteiger charge is -2.34. The topological polar surface area (TPSA) is 63.1 Å². The van der Waals surface area contributed by atoms with Gasteiger partial charge in [-0.2, -0.15) is 0 Å². The molecule has 1 fully saturated rings. The van der Waals surface area contributed by atoms with Crippen LogP contribution in [0.4, 0.5) is 5.69 Å². The second-order valence-electron chi connectivity index (χ2n) is 7.30. The Hall–Kier alpha value is -1.79. The van der Waals surface area contributed by atoms with E-state index in [-0.39, 0.29) is 17.8 Å². The Labute approximate surface area is 166 Å². The third kappa shape index (κ3) is 5.84. The van der Waals surface area contributed by atoms with Crippen molar-refractivity contribution in [3.8, 4) is 0 Å². The highest BCUT2D eigenvalue weighted by Gasteiger charge is 2.29. The van der Waals surface area contributed by atoms with E-state index in [1.54, 1.807) is 0 Å². The summed E-state index contributed by atoms with van der Waals surface area (Å²) in [6.07, 6.45) is 0.796. The van der Waals surface area contributed by atoms with Crippen LogP contribution in [0.1, 0.15) is 25.8 Å². The maximum atomic E-state index is 12.4. The molecule has 0 radical (unpaired) electrons. The number of anilines is 1. The molecule has 0 spiro atoms. The largest absolute Gasteiger partial charge is 0.467 e. The van der Waals surface area contributed by atoms with E-state index in [0.717, 1.165) is 43.3 Å². The molecule has 0 bridgehead atoms. The summed E-state index contributed by atoms with van der Waals surface area (Å²) in [5, 5.41) is 3.60. The Kier molecular flexibility index (Phi) is 7.92. The molecule has 1 heterocycles. The molecule has 1 aromatic carbocycles. The van der Waals surface area contributed by atoms with Crippen LogP contribution >= 0.6 is 11.6 Å². The summed E-state index contributed by atoms with van der Waals surface area (Å²) >= 11 is 6.13. The second kappa shape index (κ2) is 9.95. The first kappa shape index (κ1) is 21.5. The van der Waals surface area contributed by atoms with Gasteiger partial charge in [-0.05, 0) is 30.5 Å². The molecule has 7 heteroatoms. The summed E-state index contributed by atoms with van der Waals surface area (Å²) in [7, 11) is 1.35. The minimum absolute atomic E-state index is 0.0408. The zero-order valence-electron chi connectivity index (χ0n) is 16.7. The van der Waals surface area contributed by atoms with Crippen molar-refractivity contribution in [2.45, 2.75) is 33.2 Å². The first-order chi connectivity index (χ1) is 12.8. The number of benzene rings is 1. The van der Waals surface area contributed by atoms with E-state index in [1.165, 1.54) is 17.6 Å². The molecule has 1 aliphatic heterocycles. The Balaban J connectivity index is 1.88. The van der Waals surface area contributed by atoms with Crippen molar-refractivity contribution in [1.82, 2.24) is 5.32 Å². The van der Waals surface area contributed by atoms with E-state index in [4.69, 9.17) is 16.3 Å². The predicted octanol–water partition coefficient (Wildman–Crippen LogP) is 1.06. The van der Waals surface area contributed by atoms with Crippen LogP contribution in [0.5, 0.6) is 0 Å². The first-order valence-electron chi connectivity index (χ1n) is 9.57. The molecule has 0 aromatic heterocycles. The molecule has 1 aliphatic rings. The lowest BCUT2D eigenvalue weighted by Crippen LogP contribution is -3.16. The van der Waals surface area contributed by atoms with E-state index in [1.807, 2.05) is 32.0 Å². The molecule has 0 unspecified atom stereocenters. The van der Waals surface area contributed by atoms with Crippen LogP contribution in [0, 0.1) is 12.8 Å². The monoisotopic (exact) mass is 396 g/mol. The van der Waals surface area contributed by atoms with Crippen molar-refractivity contribution in [2.75, 3.05) is 44.7 Å². The summed E-state index contributed by atoms with van der Waals surface area (Å²) in [5.41, 5.74) is 2.36. The maximum absolute atomic E-state index is 12.4. The molecular weight excluding hydrogens is 366 g/mol. The number of carbonyl (C=O) groups is 2. The van der Waals surface area contributed by atoms with Gasteiger partial charge in [0.05, 0.1) is 33.3 Å². The Morgan fingerprint density at radius 1 is 1.33 bits per heavy atom. The molecule has 1 saturated heterocycles. The van der Waals surface area contributed by atoms with Gasteiger partial charge in [0.15, 0.2) is 6.54 Å². The van der Waals surface area contributed by atoms with Gasteiger partial charge >= 0.3 is 5.97 Å². The third-order valence-electron chi connectivity index (χ3n) is 5.38. The van der Waals surface area contributed by atoms with E-state index in [0.29, 0.717) is 6.54 Å². The SMILES string of the molecule is CC[C@H](C)[C@H](NC(=O)C[NH+]1CCN(c2cc(Cl)ccc2C)CC1)C(=O)OC. The molecule has 150 valence electrons. The van der Waals surface area contributed by atoms with Gasteiger partial charge in [0, 0.05) is 10.7 Å². The Morgan fingerprint density at radius 3 is 2.59 bits per heavy atom. The number of methoxy groups -OCH3 is 1. The average Bonchev–Trinajstić information content (AvgIpc) is 2.67. The van der Waals surface area contributed by atoms with Gasteiger partial charge in [-0.3, -0.25) is 4.79 Å². The molecule has 1 aromatic rings. The van der Waals surface area contributed by atoms with Gasteiger partial charge < -0.3 is 19.9 Å². The molecular formula is C20H31ClN3O3+. The maximum Gasteiger partial charge on any atom is 0.328 e. The molecule has 2 rings (SSSR count). The smallest absolute Gasteiger partial charge is 0.328 e. The molecule has 1 amide bonds. The molecule has 0 aliphatic carbocycles. The number of halogens is 1. The van der Waals surface area contributed by atoms with Crippen molar-refractivity contribution in [3.05, 3.63) is 28.8 Å². The fraction of sp³-hybridized carbons (Fsp3) is 0.600. The average molecular weight is 397 g/mol. The summed E-state index contributed by atoms with van der Waals surface area (Å²) < 4.78 is 4.83. The van der Waals surface area contributed by atoms with Crippen LogP contribution in [0.15, 0.2) is 18.2 Å². The van der Waals surface area contributed by atoms with Crippen LogP contribution < -0.4 is 15.1 Å². The molecule has 2 atom stereocenters. The zero-order chi connectivity index (χ0) is 20.0. The van der Waals surface area contributed by atoms with Crippen molar-refractivity contribution < 1.29 is 19.2 Å². The number of rotatable bonds is 7. The van der Waals surface area contributed by atoms with Crippen molar-refractivity contribution in [3.63, 3.8) is 0 Å². The second-order valence-corrected chi connectivity index (χ2v) is 7.73. The van der Waals surface area contributed by atoms with Crippen LogP contribution in [0.25, 0.3) is 0 Å². The lowest BCUT2D eigenvalue weighted by atomic mass is 9.99. The summed E-state index contributed by atoms with van der Waals surface area (Å²) in [6.45, 7) is 9.87. The first-order valence-corrected chi connectivity index (χ1v) is 9.95. The Morgan fingerprint density at radius 2 is 2.00 bits per heavy atom. The molecule has 0 saturated carbocycles. The number of nitrogens with zero attached hydrogens (tertiary/aromatic N) is 1. The van der Waals surface area contributed by atoms with Crippen LogP contribution in [0.3, 0.4) is 0 Å². The van der Waals surface area contributed by atoms with E-state index in [9.17, 15) is 9.59 Å². The molecule has 27 heavy (non-hydrogen) atoms. The third-order valence-corrected chi connectivity index (χ3v) is 5.61. The van der Waals surface area contributed by atoms with Gasteiger partial charge in [0.2, 0.25) is 0 Å². The molecule has 6 nitrogen and oxygen atoms in total. The number of amides is 1. The standard InChI is InChI=1S/C20H30ClN3O3/c1-5-14(2)19(20(26)27-4)22-18(25)13-23-8-10-24(11-9-23)17-12-16(21)7-6-15(17)3/h6-7,12,14,19H,5,8-11,13H2,1-4H3,(H,22,25)/p+1/t14-,19-/m0/s1. The summed E-state index contributed by atoms with van der Waals surface area (Å²) in [4.78, 5) is 27.9. The number of carbonyl (C=O) groups excluding carboxylic acids is 2. The number of quaternary nitrogens is 1. The van der Waals surface area contributed by atoms with Crippen molar-refractivity contribution >= 4 is 29.2 Å². The van der Waals surface area contributed by atoms with Gasteiger partial charge in [0.1, 0.15) is 6.04 Å². The lowest BCUT2D eigenvalue weighted by molar-refractivity contribution is -0.892. The van der Waals surface area contributed by atoms with E-state index < -0.39 is 6.04 Å². The Bertz CT molecular complexity index is 660. The van der Waals surface area contributed by atoms with Gasteiger partial charge in [-0.1, -0.05) is 37.9 Å². The summed E-state index contributed by atoms with van der Waals surface area (Å²) in [6, 6.07) is 5.36. The van der Waals surface area contributed by atoms with Crippen LogP contribution in [-0.2, 0) is 14.3 Å². The number of piperazine rings is 1. The number of esters is 1. The zero-order valence-corrected chi connectivity index (χ0v) is 17.4. The van der Waals surface area contributed by atoms with E-state index in [2.05, 4.69) is 17.1 Å². The minimum Gasteiger partial charge on any atom is -0.467 e. The fourth-order valence-corrected chi connectivity index (χ4v) is 3.58. The van der Waals surface area contributed by atoms with Crippen LogP contribution in [-0.4, -0.2) is 57.8 Å². The molecule has 2 N–H and O–H groups in total. The van der Waals surface area contributed by atoms with Gasteiger partial charge in [-0.25, -0.2) is 4.79 Å². The number of ether oxygens (including phenoxy) is 1. The highest BCUT2D eigenvalue weighted by Crippen LogP contribution is 2.24. The number of aryl methyl sites for hydroxylation is 1. The van der Waals surface area contributed by atoms with Crippen LogP contribution in [0.2, 0.25) is 5.02 Å². The normalized spacial score (nSPS) is 17.3. The van der Waals surface area contributed by atoms with Crippen molar-refractivity contribution in [2.24, 2.45) is 5.92 Å². The fourth-order valence-electron chi connectivity index (χ4n) is 3.41. The summed E-state index contributed by atoms with van der Waals surface area (Å²) in [5.74, 6) is -0.443. The minimum atomic E-state index is -0.581. The highest BCUT2D eigenvalue weighted by molar-refractivity contribution is 6.30. The van der Waals surface area contributed by atoms with Gasteiger partial charge in [-0.15, -0.1) is 0 Å². The van der Waals surface area contributed by atoms with Crippen molar-refractivity contribution in [1.29, 1.82) is 0 Å². The van der Waals surface area contributed by atoms with E-state index >= 15 is 0 Å². The number of hydrogen-bond acceptors (Lipinski definition) is 4. The predicted molar refractivity (Wildman–Crippen MR) is 107 cm³/mol. The quantitative estimate of drug-likeness (QED) is 0.676. The highest BCUT2D eigenvalue weighted by atomic mass is 35.5. The van der Waals surface area contributed by atoms with Gasteiger partial charge in [0.25, 0.3) is 5.91 Å². The number of hydrogen-bond donors (Lipinski definition) is 2. The number of nitrogens with one attached hydrogen (secondary N) is 2.